The molecule has 0 atom stereocenters. The normalized spacial score (nSPS) is 13.6. The third-order valence-electron chi connectivity index (χ3n) is 4.60. The quantitative estimate of drug-likeness (QED) is 0.733. The van der Waals surface area contributed by atoms with Gasteiger partial charge in [0, 0.05) is 18.7 Å². The van der Waals surface area contributed by atoms with Crippen molar-refractivity contribution in [3.05, 3.63) is 59.9 Å². The minimum Gasteiger partial charge on any atom is -0.372 e. The molecular weight excluding hydrogens is 314 g/mol. The maximum absolute atomic E-state index is 12.5. The molecule has 1 aliphatic heterocycles. The van der Waals surface area contributed by atoms with Crippen molar-refractivity contribution in [2.45, 2.75) is 33.0 Å². The maximum Gasteiger partial charge on any atom is 0.227 e. The number of imidazole rings is 1. The van der Waals surface area contributed by atoms with E-state index < -0.39 is 0 Å². The van der Waals surface area contributed by atoms with Gasteiger partial charge in [0.15, 0.2) is 0 Å². The van der Waals surface area contributed by atoms with E-state index in [0.29, 0.717) is 26.2 Å². The minimum absolute atomic E-state index is 0.107. The smallest absolute Gasteiger partial charge is 0.227 e. The van der Waals surface area contributed by atoms with Crippen molar-refractivity contribution in [3.63, 3.8) is 0 Å². The Kier molecular flexibility index (Phi) is 4.24. The highest BCUT2D eigenvalue weighted by molar-refractivity contribution is 5.95. The van der Waals surface area contributed by atoms with Crippen molar-refractivity contribution in [3.8, 4) is 0 Å². The van der Waals surface area contributed by atoms with Crippen molar-refractivity contribution in [1.82, 2.24) is 9.55 Å². The minimum atomic E-state index is 0.107. The Hall–Kier alpha value is -2.66. The zero-order valence-electron chi connectivity index (χ0n) is 14.3. The van der Waals surface area contributed by atoms with Crippen LogP contribution in [-0.4, -0.2) is 22.1 Å². The Morgan fingerprint density at radius 3 is 2.88 bits per heavy atom. The topological polar surface area (TPSA) is 47.4 Å². The number of carbonyl (C=O) groups excluding carboxylic acids is 1. The van der Waals surface area contributed by atoms with E-state index in [0.717, 1.165) is 34.7 Å². The lowest BCUT2D eigenvalue weighted by Crippen LogP contribution is -2.29. The molecule has 2 heterocycles. The van der Waals surface area contributed by atoms with Gasteiger partial charge < -0.3 is 14.2 Å². The standard InChI is InChI=1S/C20H21N3O2/c1-2-20(24)23(13-15-6-4-3-5-7-15)16-8-9-18-17(12-16)21-19-14-25-11-10-22(18)19/h3-9,12H,2,10-11,13-14H2,1H3. The second-order valence-electron chi connectivity index (χ2n) is 6.22. The molecule has 1 aliphatic rings. The largest absolute Gasteiger partial charge is 0.372 e. The third kappa shape index (κ3) is 3.03. The number of benzene rings is 2. The number of fused-ring (bicyclic) bond motifs is 3. The van der Waals surface area contributed by atoms with Crippen LogP contribution < -0.4 is 4.90 Å². The highest BCUT2D eigenvalue weighted by Gasteiger charge is 2.19. The molecule has 0 saturated carbocycles. The van der Waals surface area contributed by atoms with Crippen LogP contribution in [0.15, 0.2) is 48.5 Å². The molecule has 25 heavy (non-hydrogen) atoms. The van der Waals surface area contributed by atoms with Gasteiger partial charge in [-0.05, 0) is 23.8 Å². The van der Waals surface area contributed by atoms with E-state index in [9.17, 15) is 4.79 Å². The van der Waals surface area contributed by atoms with E-state index in [1.165, 1.54) is 0 Å². The predicted molar refractivity (Wildman–Crippen MR) is 97.3 cm³/mol. The monoisotopic (exact) mass is 335 g/mol. The highest BCUT2D eigenvalue weighted by Crippen LogP contribution is 2.26. The zero-order chi connectivity index (χ0) is 17.2. The summed E-state index contributed by atoms with van der Waals surface area (Å²) in [5.41, 5.74) is 4.02. The molecule has 0 N–H and O–H groups in total. The molecule has 5 nitrogen and oxygen atoms in total. The van der Waals surface area contributed by atoms with E-state index in [2.05, 4.69) is 15.6 Å². The molecule has 3 aromatic rings. The Labute approximate surface area is 146 Å². The van der Waals surface area contributed by atoms with Gasteiger partial charge in [-0.1, -0.05) is 37.3 Å². The van der Waals surface area contributed by atoms with Crippen molar-refractivity contribution in [2.75, 3.05) is 11.5 Å². The summed E-state index contributed by atoms with van der Waals surface area (Å²) in [6, 6.07) is 16.2. The van der Waals surface area contributed by atoms with Crippen molar-refractivity contribution < 1.29 is 9.53 Å². The first-order chi connectivity index (χ1) is 12.3. The summed E-state index contributed by atoms with van der Waals surface area (Å²) < 4.78 is 7.69. The first kappa shape index (κ1) is 15.8. The van der Waals surface area contributed by atoms with Crippen molar-refractivity contribution in [2.24, 2.45) is 0 Å². The molecule has 128 valence electrons. The van der Waals surface area contributed by atoms with Crippen molar-refractivity contribution in [1.29, 1.82) is 0 Å². The maximum atomic E-state index is 12.5. The molecule has 1 amide bonds. The Bertz CT molecular complexity index is 902. The first-order valence-electron chi connectivity index (χ1n) is 8.67. The second-order valence-corrected chi connectivity index (χ2v) is 6.22. The van der Waals surface area contributed by atoms with Gasteiger partial charge in [0.2, 0.25) is 5.91 Å². The van der Waals surface area contributed by atoms with Crippen molar-refractivity contribution >= 4 is 22.6 Å². The molecule has 0 fully saturated rings. The lowest BCUT2D eigenvalue weighted by Gasteiger charge is -2.22. The number of ether oxygens (including phenoxy) is 1. The number of hydrogen-bond donors (Lipinski definition) is 0. The third-order valence-corrected chi connectivity index (χ3v) is 4.60. The molecule has 0 unspecified atom stereocenters. The summed E-state index contributed by atoms with van der Waals surface area (Å²) >= 11 is 0. The molecule has 4 rings (SSSR count). The van der Waals surface area contributed by atoms with Gasteiger partial charge in [-0.3, -0.25) is 4.79 Å². The highest BCUT2D eigenvalue weighted by atomic mass is 16.5. The van der Waals surface area contributed by atoms with Gasteiger partial charge in [0.25, 0.3) is 0 Å². The van der Waals surface area contributed by atoms with E-state index in [1.807, 2.05) is 54.3 Å². The van der Waals surface area contributed by atoms with Crippen LogP contribution in [-0.2, 0) is 29.2 Å². The van der Waals surface area contributed by atoms with Gasteiger partial charge in [0.05, 0.1) is 24.2 Å². The lowest BCUT2D eigenvalue weighted by molar-refractivity contribution is -0.118. The molecule has 0 spiro atoms. The molecule has 5 heteroatoms. The fraction of sp³-hybridized carbons (Fsp3) is 0.300. The van der Waals surface area contributed by atoms with Gasteiger partial charge in [0.1, 0.15) is 12.4 Å². The average Bonchev–Trinajstić information content (AvgIpc) is 3.04. The Morgan fingerprint density at radius 2 is 2.08 bits per heavy atom. The summed E-state index contributed by atoms with van der Waals surface area (Å²) in [6.07, 6.45) is 0.471. The van der Waals surface area contributed by atoms with Gasteiger partial charge in [-0.15, -0.1) is 0 Å². The Morgan fingerprint density at radius 1 is 1.24 bits per heavy atom. The second kappa shape index (κ2) is 6.69. The van der Waals surface area contributed by atoms with Crippen LogP contribution in [0, 0.1) is 0 Å². The van der Waals surface area contributed by atoms with Crippen LogP contribution in [0.3, 0.4) is 0 Å². The predicted octanol–water partition coefficient (Wildman–Crippen LogP) is 3.51. The number of rotatable bonds is 4. The first-order valence-corrected chi connectivity index (χ1v) is 8.67. The van der Waals surface area contributed by atoms with Gasteiger partial charge >= 0.3 is 0 Å². The van der Waals surface area contributed by atoms with Crippen LogP contribution in [0.25, 0.3) is 11.0 Å². The average molecular weight is 335 g/mol. The summed E-state index contributed by atoms with van der Waals surface area (Å²) in [6.45, 7) is 4.55. The number of aromatic nitrogens is 2. The van der Waals surface area contributed by atoms with Crippen LogP contribution in [0.5, 0.6) is 0 Å². The summed E-state index contributed by atoms with van der Waals surface area (Å²) in [5.74, 6) is 1.06. The van der Waals surface area contributed by atoms with E-state index in [4.69, 9.17) is 4.74 Å². The fourth-order valence-electron chi connectivity index (χ4n) is 3.30. The van der Waals surface area contributed by atoms with Gasteiger partial charge in [-0.25, -0.2) is 4.98 Å². The van der Waals surface area contributed by atoms with E-state index in [-0.39, 0.29) is 5.91 Å². The molecule has 0 aliphatic carbocycles. The number of carbonyl (C=O) groups is 1. The van der Waals surface area contributed by atoms with E-state index >= 15 is 0 Å². The number of anilines is 1. The summed E-state index contributed by atoms with van der Waals surface area (Å²) in [4.78, 5) is 19.1. The molecule has 0 radical (unpaired) electrons. The van der Waals surface area contributed by atoms with Crippen LogP contribution in [0.1, 0.15) is 24.7 Å². The molecule has 1 aromatic heterocycles. The lowest BCUT2D eigenvalue weighted by atomic mass is 10.1. The number of amides is 1. The summed E-state index contributed by atoms with van der Waals surface area (Å²) in [7, 11) is 0. The molecule has 0 bridgehead atoms. The number of nitrogens with zero attached hydrogens (tertiary/aromatic N) is 3. The fourth-order valence-corrected chi connectivity index (χ4v) is 3.30. The van der Waals surface area contributed by atoms with Crippen LogP contribution >= 0.6 is 0 Å². The van der Waals surface area contributed by atoms with E-state index in [1.54, 1.807) is 0 Å². The molecule has 2 aromatic carbocycles. The Balaban J connectivity index is 1.72. The molecule has 0 saturated heterocycles. The SMILES string of the molecule is CCC(=O)N(Cc1ccccc1)c1ccc2c(c1)nc1n2CCOC1. The summed E-state index contributed by atoms with van der Waals surface area (Å²) in [5, 5.41) is 0. The molecular formula is C20H21N3O2. The zero-order valence-corrected chi connectivity index (χ0v) is 14.3. The van der Waals surface area contributed by atoms with Crippen LogP contribution in [0.4, 0.5) is 5.69 Å². The van der Waals surface area contributed by atoms with Gasteiger partial charge in [-0.2, -0.15) is 0 Å². The van der Waals surface area contributed by atoms with Crippen LogP contribution in [0.2, 0.25) is 0 Å². The number of hydrogen-bond acceptors (Lipinski definition) is 3.